The smallest absolute Gasteiger partial charge is 0.324 e. The molecule has 25 heavy (non-hydrogen) atoms. The largest absolute Gasteiger partial charge is 0.378 e. The number of carbonyl (C=O) groups is 1. The number of hydrogen-bond donors (Lipinski definition) is 1. The van der Waals surface area contributed by atoms with Gasteiger partial charge in [-0.3, -0.25) is 5.32 Å². The maximum atomic E-state index is 12.7. The second-order valence-electron chi connectivity index (χ2n) is 7.56. The Kier molecular flexibility index (Phi) is 4.64. The first kappa shape index (κ1) is 16.8. The molecule has 0 aromatic carbocycles. The maximum Gasteiger partial charge on any atom is 0.324 e. The minimum atomic E-state index is -0.357. The topological polar surface area (TPSA) is 81.5 Å². The molecule has 0 unspecified atom stereocenters. The molecule has 138 valence electrons. The number of aromatic nitrogens is 3. The van der Waals surface area contributed by atoms with E-state index in [1.54, 1.807) is 11.2 Å². The van der Waals surface area contributed by atoms with E-state index in [1.165, 1.54) is 19.3 Å². The number of urea groups is 1. The van der Waals surface area contributed by atoms with Crippen molar-refractivity contribution < 1.29 is 14.3 Å². The molecule has 3 heterocycles. The first-order valence-corrected chi connectivity index (χ1v) is 9.36. The van der Waals surface area contributed by atoms with Crippen LogP contribution in [0.2, 0.25) is 0 Å². The van der Waals surface area contributed by atoms with Crippen LogP contribution >= 0.6 is 0 Å². The summed E-state index contributed by atoms with van der Waals surface area (Å²) in [5, 5.41) is 7.31. The van der Waals surface area contributed by atoms with E-state index >= 15 is 0 Å². The van der Waals surface area contributed by atoms with E-state index in [9.17, 15) is 4.79 Å². The fourth-order valence-corrected chi connectivity index (χ4v) is 4.21. The van der Waals surface area contributed by atoms with Crippen molar-refractivity contribution in [2.75, 3.05) is 31.6 Å². The van der Waals surface area contributed by atoms with E-state index < -0.39 is 0 Å². The Bertz CT molecular complexity index is 607. The molecular formula is C17H27N5O3. The van der Waals surface area contributed by atoms with Gasteiger partial charge in [-0.25, -0.2) is 14.5 Å². The van der Waals surface area contributed by atoms with Gasteiger partial charge < -0.3 is 14.4 Å². The summed E-state index contributed by atoms with van der Waals surface area (Å²) in [7, 11) is 0. The predicted octanol–water partition coefficient (Wildman–Crippen LogP) is 2.20. The molecule has 4 rings (SSSR count). The number of ether oxygens (including phenoxy) is 2. The SMILES string of the molecule is C[C@@H]1CN(C(=O)Nc2ncn(C3CCCCC3)n2)C[C@]2(CCOC2)O1. The van der Waals surface area contributed by atoms with Crippen LogP contribution in [-0.2, 0) is 9.47 Å². The van der Waals surface area contributed by atoms with Crippen LogP contribution in [-0.4, -0.2) is 63.7 Å². The van der Waals surface area contributed by atoms with Crippen molar-refractivity contribution in [2.24, 2.45) is 0 Å². The van der Waals surface area contributed by atoms with Crippen molar-refractivity contribution >= 4 is 12.0 Å². The van der Waals surface area contributed by atoms with Gasteiger partial charge >= 0.3 is 6.03 Å². The third-order valence-corrected chi connectivity index (χ3v) is 5.44. The normalized spacial score (nSPS) is 30.8. The van der Waals surface area contributed by atoms with Crippen LogP contribution in [0.4, 0.5) is 10.7 Å². The molecule has 8 nitrogen and oxygen atoms in total. The number of carbonyl (C=O) groups excluding carboxylic acids is 1. The van der Waals surface area contributed by atoms with Crippen LogP contribution in [0, 0.1) is 0 Å². The quantitative estimate of drug-likeness (QED) is 0.885. The summed E-state index contributed by atoms with van der Waals surface area (Å²) in [5.41, 5.74) is -0.357. The zero-order valence-electron chi connectivity index (χ0n) is 14.8. The van der Waals surface area contributed by atoms with Crippen LogP contribution in [0.25, 0.3) is 0 Å². The fraction of sp³-hybridized carbons (Fsp3) is 0.824. The van der Waals surface area contributed by atoms with Gasteiger partial charge in [-0.15, -0.1) is 5.10 Å². The van der Waals surface area contributed by atoms with E-state index in [0.29, 0.717) is 38.3 Å². The highest BCUT2D eigenvalue weighted by Crippen LogP contribution is 2.30. The van der Waals surface area contributed by atoms with E-state index in [0.717, 1.165) is 19.3 Å². The number of nitrogens with zero attached hydrogens (tertiary/aromatic N) is 4. The molecule has 1 spiro atoms. The molecule has 1 aliphatic carbocycles. The van der Waals surface area contributed by atoms with Gasteiger partial charge in [-0.1, -0.05) is 19.3 Å². The van der Waals surface area contributed by atoms with Gasteiger partial charge in [0.2, 0.25) is 5.95 Å². The van der Waals surface area contributed by atoms with Gasteiger partial charge in [0.15, 0.2) is 0 Å². The Morgan fingerprint density at radius 3 is 2.96 bits per heavy atom. The Balaban J connectivity index is 1.39. The number of anilines is 1. The fourth-order valence-electron chi connectivity index (χ4n) is 4.21. The Hall–Kier alpha value is -1.67. The first-order valence-electron chi connectivity index (χ1n) is 9.36. The average molecular weight is 349 g/mol. The van der Waals surface area contributed by atoms with Crippen molar-refractivity contribution in [3.8, 4) is 0 Å². The predicted molar refractivity (Wildman–Crippen MR) is 91.4 cm³/mol. The highest BCUT2D eigenvalue weighted by Gasteiger charge is 2.44. The van der Waals surface area contributed by atoms with Crippen LogP contribution in [0.5, 0.6) is 0 Å². The summed E-state index contributed by atoms with van der Waals surface area (Å²) in [4.78, 5) is 18.7. The zero-order chi connectivity index (χ0) is 17.3. The second-order valence-corrected chi connectivity index (χ2v) is 7.56. The van der Waals surface area contributed by atoms with Crippen molar-refractivity contribution in [3.63, 3.8) is 0 Å². The van der Waals surface area contributed by atoms with Crippen LogP contribution in [0.3, 0.4) is 0 Å². The van der Waals surface area contributed by atoms with Crippen molar-refractivity contribution in [3.05, 3.63) is 6.33 Å². The monoisotopic (exact) mass is 349 g/mol. The summed E-state index contributed by atoms with van der Waals surface area (Å²) >= 11 is 0. The molecule has 0 radical (unpaired) electrons. The first-order chi connectivity index (χ1) is 12.1. The lowest BCUT2D eigenvalue weighted by atomic mass is 9.96. The number of rotatable bonds is 2. The van der Waals surface area contributed by atoms with Gasteiger partial charge in [0.05, 0.1) is 25.3 Å². The molecule has 2 aliphatic heterocycles. The average Bonchev–Trinajstić information content (AvgIpc) is 3.25. The van der Waals surface area contributed by atoms with Crippen LogP contribution < -0.4 is 5.32 Å². The Labute approximate surface area is 147 Å². The third kappa shape index (κ3) is 3.64. The lowest BCUT2D eigenvalue weighted by molar-refractivity contribution is -0.136. The van der Waals surface area contributed by atoms with E-state index in [1.807, 2.05) is 11.6 Å². The molecule has 2 amide bonds. The van der Waals surface area contributed by atoms with Gasteiger partial charge in [0.1, 0.15) is 11.9 Å². The molecule has 2 atom stereocenters. The standard InChI is InChI=1S/C17H27N5O3/c1-13-9-21(10-17(25-13)7-8-24-11-17)16(23)19-15-18-12-22(20-15)14-5-3-2-4-6-14/h12-14H,2-11H2,1H3,(H,19,20,23)/t13-,17+/m1/s1. The minimum Gasteiger partial charge on any atom is -0.378 e. The van der Waals surface area contributed by atoms with Crippen LogP contribution in [0.15, 0.2) is 6.33 Å². The van der Waals surface area contributed by atoms with Crippen molar-refractivity contribution in [2.45, 2.75) is 63.2 Å². The number of amides is 2. The van der Waals surface area contributed by atoms with Gasteiger partial charge in [0, 0.05) is 19.6 Å². The lowest BCUT2D eigenvalue weighted by Gasteiger charge is -2.42. The van der Waals surface area contributed by atoms with Gasteiger partial charge in [-0.05, 0) is 19.8 Å². The Morgan fingerprint density at radius 2 is 2.20 bits per heavy atom. The molecule has 3 aliphatic rings. The molecule has 8 heteroatoms. The summed E-state index contributed by atoms with van der Waals surface area (Å²) in [6.07, 6.45) is 8.61. The van der Waals surface area contributed by atoms with Crippen LogP contribution in [0.1, 0.15) is 51.5 Å². The minimum absolute atomic E-state index is 0.00560. The number of nitrogens with one attached hydrogen (secondary N) is 1. The summed E-state index contributed by atoms with van der Waals surface area (Å²) in [6.45, 7) is 4.35. The van der Waals surface area contributed by atoms with Crippen molar-refractivity contribution in [1.82, 2.24) is 19.7 Å². The summed E-state index contributed by atoms with van der Waals surface area (Å²) in [6, 6.07) is 0.247. The maximum absolute atomic E-state index is 12.7. The van der Waals surface area contributed by atoms with Crippen molar-refractivity contribution in [1.29, 1.82) is 0 Å². The van der Waals surface area contributed by atoms with Gasteiger partial charge in [0.25, 0.3) is 0 Å². The van der Waals surface area contributed by atoms with Gasteiger partial charge in [-0.2, -0.15) is 0 Å². The molecule has 1 aromatic heterocycles. The molecular weight excluding hydrogens is 322 g/mol. The summed E-state index contributed by atoms with van der Waals surface area (Å²) < 4.78 is 13.5. The van der Waals surface area contributed by atoms with E-state index in [-0.39, 0.29) is 17.7 Å². The second kappa shape index (κ2) is 6.92. The lowest BCUT2D eigenvalue weighted by Crippen LogP contribution is -2.57. The third-order valence-electron chi connectivity index (χ3n) is 5.44. The molecule has 3 fully saturated rings. The highest BCUT2D eigenvalue weighted by atomic mass is 16.6. The van der Waals surface area contributed by atoms with E-state index in [4.69, 9.17) is 9.47 Å². The molecule has 1 aromatic rings. The molecule has 2 saturated heterocycles. The Morgan fingerprint density at radius 1 is 1.36 bits per heavy atom. The molecule has 1 N–H and O–H groups in total. The summed E-state index contributed by atoms with van der Waals surface area (Å²) in [5.74, 6) is 0.381. The van der Waals surface area contributed by atoms with E-state index in [2.05, 4.69) is 15.4 Å². The number of morpholine rings is 1. The highest BCUT2D eigenvalue weighted by molar-refractivity contribution is 5.87. The number of hydrogen-bond acceptors (Lipinski definition) is 5. The zero-order valence-corrected chi connectivity index (χ0v) is 14.8. The molecule has 0 bridgehead atoms. The molecule has 1 saturated carbocycles.